The largest absolute Gasteiger partial charge is 0.493 e. The number of carbonyl (C=O) groups is 1. The molecule has 4 nitrogen and oxygen atoms in total. The van der Waals surface area contributed by atoms with Crippen LogP contribution in [0.4, 0.5) is 5.69 Å². The summed E-state index contributed by atoms with van der Waals surface area (Å²) in [5.74, 6) is 1.54. The lowest BCUT2D eigenvalue weighted by atomic mass is 9.79. The Balaban J connectivity index is 2.16. The highest BCUT2D eigenvalue weighted by atomic mass is 16.5. The number of anilines is 1. The SMILES string of the molecule is CCOc1c(C)cc(NC(=O)C2(OC)CCC(C)CC2)cc1C. The van der Waals surface area contributed by atoms with Crippen molar-refractivity contribution in [2.24, 2.45) is 5.92 Å². The van der Waals surface area contributed by atoms with Gasteiger partial charge in [0.25, 0.3) is 5.91 Å². The molecule has 0 spiro atoms. The highest BCUT2D eigenvalue weighted by Crippen LogP contribution is 2.36. The van der Waals surface area contributed by atoms with Gasteiger partial charge in [0.1, 0.15) is 11.4 Å². The summed E-state index contributed by atoms with van der Waals surface area (Å²) >= 11 is 0. The van der Waals surface area contributed by atoms with Crippen molar-refractivity contribution in [2.75, 3.05) is 19.0 Å². The third-order valence-electron chi connectivity index (χ3n) is 4.89. The second-order valence-corrected chi connectivity index (χ2v) is 6.71. The molecule has 1 amide bonds. The number of hydrogen-bond acceptors (Lipinski definition) is 3. The van der Waals surface area contributed by atoms with Gasteiger partial charge < -0.3 is 14.8 Å². The van der Waals surface area contributed by atoms with E-state index in [9.17, 15) is 4.79 Å². The molecule has 1 aliphatic carbocycles. The van der Waals surface area contributed by atoms with Gasteiger partial charge >= 0.3 is 0 Å². The smallest absolute Gasteiger partial charge is 0.256 e. The number of nitrogens with one attached hydrogen (secondary N) is 1. The van der Waals surface area contributed by atoms with Crippen LogP contribution in [0, 0.1) is 19.8 Å². The second-order valence-electron chi connectivity index (χ2n) is 6.71. The van der Waals surface area contributed by atoms with Gasteiger partial charge in [0, 0.05) is 12.8 Å². The van der Waals surface area contributed by atoms with E-state index in [1.165, 1.54) is 0 Å². The van der Waals surface area contributed by atoms with Crippen LogP contribution in [0.2, 0.25) is 0 Å². The van der Waals surface area contributed by atoms with Gasteiger partial charge in [-0.3, -0.25) is 4.79 Å². The maximum Gasteiger partial charge on any atom is 0.256 e. The molecule has 0 radical (unpaired) electrons. The molecule has 1 N–H and O–H groups in total. The highest BCUT2D eigenvalue weighted by Gasteiger charge is 2.41. The van der Waals surface area contributed by atoms with Crippen LogP contribution in [-0.4, -0.2) is 25.2 Å². The first-order valence-electron chi connectivity index (χ1n) is 8.52. The Kier molecular flexibility index (Phi) is 5.69. The summed E-state index contributed by atoms with van der Waals surface area (Å²) in [6, 6.07) is 3.93. The third kappa shape index (κ3) is 3.86. The lowest BCUT2D eigenvalue weighted by Gasteiger charge is -2.36. The van der Waals surface area contributed by atoms with Crippen LogP contribution < -0.4 is 10.1 Å². The van der Waals surface area contributed by atoms with Gasteiger partial charge in [0.15, 0.2) is 0 Å². The van der Waals surface area contributed by atoms with Crippen molar-refractivity contribution in [3.63, 3.8) is 0 Å². The number of carbonyl (C=O) groups excluding carboxylic acids is 1. The molecule has 23 heavy (non-hydrogen) atoms. The van der Waals surface area contributed by atoms with Gasteiger partial charge in [0.05, 0.1) is 6.61 Å². The zero-order valence-corrected chi connectivity index (χ0v) is 15.0. The van der Waals surface area contributed by atoms with Crippen LogP contribution in [0.15, 0.2) is 12.1 Å². The minimum absolute atomic E-state index is 0.0325. The number of methoxy groups -OCH3 is 1. The van der Waals surface area contributed by atoms with E-state index >= 15 is 0 Å². The van der Waals surface area contributed by atoms with E-state index in [2.05, 4.69) is 12.2 Å². The average molecular weight is 319 g/mol. The fourth-order valence-electron chi connectivity index (χ4n) is 3.39. The Morgan fingerprint density at radius 3 is 2.30 bits per heavy atom. The summed E-state index contributed by atoms with van der Waals surface area (Å²) < 4.78 is 11.3. The number of hydrogen-bond donors (Lipinski definition) is 1. The van der Waals surface area contributed by atoms with E-state index in [1.54, 1.807) is 7.11 Å². The topological polar surface area (TPSA) is 47.6 Å². The molecule has 128 valence electrons. The first-order chi connectivity index (χ1) is 10.9. The highest BCUT2D eigenvalue weighted by molar-refractivity contribution is 5.97. The first kappa shape index (κ1) is 17.8. The van der Waals surface area contributed by atoms with Gasteiger partial charge in [-0.05, 0) is 75.6 Å². The molecule has 1 aromatic carbocycles. The number of rotatable bonds is 5. The summed E-state index contributed by atoms with van der Waals surface area (Å²) in [5.41, 5.74) is 2.19. The molecule has 0 aromatic heterocycles. The molecular weight excluding hydrogens is 290 g/mol. The predicted molar refractivity (Wildman–Crippen MR) is 93.1 cm³/mol. The standard InChI is InChI=1S/C19H29NO3/c1-6-23-17-14(3)11-16(12-15(17)4)20-18(21)19(22-5)9-7-13(2)8-10-19/h11-13H,6-10H2,1-5H3,(H,20,21). The number of amides is 1. The van der Waals surface area contributed by atoms with Crippen molar-refractivity contribution in [3.05, 3.63) is 23.3 Å². The van der Waals surface area contributed by atoms with Crippen LogP contribution >= 0.6 is 0 Å². The van der Waals surface area contributed by atoms with Crippen molar-refractivity contribution < 1.29 is 14.3 Å². The summed E-state index contributed by atoms with van der Waals surface area (Å²) in [6.07, 6.45) is 3.63. The molecule has 0 heterocycles. The van der Waals surface area contributed by atoms with Crippen LogP contribution in [0.5, 0.6) is 5.75 Å². The Labute approximate surface area is 139 Å². The molecule has 0 aliphatic heterocycles. The molecule has 0 bridgehead atoms. The summed E-state index contributed by atoms with van der Waals surface area (Å²) in [5, 5.41) is 3.05. The number of aryl methyl sites for hydroxylation is 2. The van der Waals surface area contributed by atoms with E-state index in [4.69, 9.17) is 9.47 Å². The van der Waals surface area contributed by atoms with E-state index in [0.29, 0.717) is 12.5 Å². The molecule has 0 atom stereocenters. The molecule has 1 aromatic rings. The number of ether oxygens (including phenoxy) is 2. The first-order valence-corrected chi connectivity index (χ1v) is 8.52. The molecule has 1 aliphatic rings. The van der Waals surface area contributed by atoms with Crippen LogP contribution in [0.3, 0.4) is 0 Å². The van der Waals surface area contributed by atoms with Gasteiger partial charge in [-0.25, -0.2) is 0 Å². The average Bonchev–Trinajstić information content (AvgIpc) is 2.52. The zero-order valence-electron chi connectivity index (χ0n) is 15.0. The third-order valence-corrected chi connectivity index (χ3v) is 4.89. The fraction of sp³-hybridized carbons (Fsp3) is 0.632. The normalized spacial score (nSPS) is 24.3. The van der Waals surface area contributed by atoms with Gasteiger partial charge in [0.2, 0.25) is 0 Å². The van der Waals surface area contributed by atoms with E-state index in [1.807, 2.05) is 32.9 Å². The minimum Gasteiger partial charge on any atom is -0.493 e. The maximum atomic E-state index is 12.8. The molecular formula is C19H29NO3. The summed E-state index contributed by atoms with van der Waals surface area (Å²) in [7, 11) is 1.64. The molecule has 0 saturated heterocycles. The van der Waals surface area contributed by atoms with Crippen molar-refractivity contribution in [3.8, 4) is 5.75 Å². The Morgan fingerprint density at radius 1 is 1.26 bits per heavy atom. The number of benzene rings is 1. The van der Waals surface area contributed by atoms with Crippen molar-refractivity contribution >= 4 is 11.6 Å². The summed E-state index contributed by atoms with van der Waals surface area (Å²) in [4.78, 5) is 12.8. The van der Waals surface area contributed by atoms with Crippen LogP contribution in [0.25, 0.3) is 0 Å². The fourth-order valence-corrected chi connectivity index (χ4v) is 3.39. The van der Waals surface area contributed by atoms with Gasteiger partial charge in [-0.1, -0.05) is 6.92 Å². The Morgan fingerprint density at radius 2 is 1.83 bits per heavy atom. The maximum absolute atomic E-state index is 12.8. The van der Waals surface area contributed by atoms with Crippen molar-refractivity contribution in [1.29, 1.82) is 0 Å². The van der Waals surface area contributed by atoms with E-state index in [-0.39, 0.29) is 5.91 Å². The van der Waals surface area contributed by atoms with E-state index < -0.39 is 5.60 Å². The van der Waals surface area contributed by atoms with Crippen molar-refractivity contribution in [1.82, 2.24) is 0 Å². The van der Waals surface area contributed by atoms with Gasteiger partial charge in [-0.2, -0.15) is 0 Å². The molecule has 0 unspecified atom stereocenters. The molecule has 1 saturated carbocycles. The predicted octanol–water partition coefficient (Wildman–Crippen LogP) is 4.24. The lowest BCUT2D eigenvalue weighted by molar-refractivity contribution is -0.142. The van der Waals surface area contributed by atoms with Crippen LogP contribution in [-0.2, 0) is 9.53 Å². The monoisotopic (exact) mass is 319 g/mol. The molecule has 1 fully saturated rings. The quantitative estimate of drug-likeness (QED) is 0.883. The summed E-state index contributed by atoms with van der Waals surface area (Å²) in [6.45, 7) is 8.85. The van der Waals surface area contributed by atoms with Crippen molar-refractivity contribution in [2.45, 2.75) is 59.0 Å². The Bertz CT molecular complexity index is 537. The van der Waals surface area contributed by atoms with Gasteiger partial charge in [-0.15, -0.1) is 0 Å². The molecule has 2 rings (SSSR count). The zero-order chi connectivity index (χ0) is 17.0. The molecule has 4 heteroatoms. The Hall–Kier alpha value is -1.55. The second kappa shape index (κ2) is 7.35. The minimum atomic E-state index is -0.688. The van der Waals surface area contributed by atoms with E-state index in [0.717, 1.165) is 48.2 Å². The lowest BCUT2D eigenvalue weighted by Crippen LogP contribution is -2.47. The van der Waals surface area contributed by atoms with Crippen LogP contribution in [0.1, 0.15) is 50.7 Å².